The Morgan fingerprint density at radius 2 is 2.43 bits per heavy atom. The molecule has 0 radical (unpaired) electrons. The quantitative estimate of drug-likeness (QED) is 0.406. The smallest absolute Gasteiger partial charge is 0.405 e. The summed E-state index contributed by atoms with van der Waals surface area (Å²) in [7, 11) is 1.40. The highest BCUT2D eigenvalue weighted by atomic mass is 35.5. The van der Waals surface area contributed by atoms with Gasteiger partial charge in [-0.05, 0) is 0 Å². The molecule has 42 valence electrons. The highest BCUT2D eigenvalue weighted by Gasteiger charge is 1.89. The number of rotatable bonds is 2. The molecule has 0 rings (SSSR count). The molecule has 0 atom stereocenters. The van der Waals surface area contributed by atoms with Gasteiger partial charge in [0.2, 0.25) is 0 Å². The van der Waals surface area contributed by atoms with E-state index in [9.17, 15) is 4.79 Å². The lowest BCUT2D eigenvalue weighted by molar-refractivity contribution is 0.0234. The van der Waals surface area contributed by atoms with Gasteiger partial charge in [-0.1, -0.05) is 0 Å². The van der Waals surface area contributed by atoms with Crippen LogP contribution in [-0.4, -0.2) is 19.3 Å². The maximum Gasteiger partial charge on any atom is 0.405 e. The van der Waals surface area contributed by atoms with Gasteiger partial charge < -0.3 is 9.47 Å². The Morgan fingerprint density at radius 3 is 2.57 bits per heavy atom. The summed E-state index contributed by atoms with van der Waals surface area (Å²) >= 11 is 4.72. The number of carbonyl (C=O) groups is 1. The fraction of sp³-hybridized carbons (Fsp3) is 0.667. The summed E-state index contributed by atoms with van der Waals surface area (Å²) in [5, 5.41) is 0. The normalized spacial score (nSPS) is 8.29. The molecule has 0 aliphatic rings. The van der Waals surface area contributed by atoms with E-state index in [-0.39, 0.29) is 6.79 Å². The van der Waals surface area contributed by atoms with Crippen LogP contribution in [0.5, 0.6) is 0 Å². The van der Waals surface area contributed by atoms with E-state index in [0.717, 1.165) is 0 Å². The van der Waals surface area contributed by atoms with Gasteiger partial charge in [0.1, 0.15) is 0 Å². The van der Waals surface area contributed by atoms with Crippen molar-refractivity contribution in [1.82, 2.24) is 0 Å². The second kappa shape index (κ2) is 3.89. The molecule has 0 aromatic rings. The third-order valence-electron chi connectivity index (χ3n) is 0.290. The summed E-state index contributed by atoms with van der Waals surface area (Å²) in [4.78, 5) is 9.67. The molecule has 0 heterocycles. The number of carbonyl (C=O) groups excluding carboxylic acids is 1. The SMILES string of the molecule is COCOC(=O)Cl. The predicted octanol–water partition coefficient (Wildman–Crippen LogP) is 0.966. The Morgan fingerprint density at radius 1 is 1.86 bits per heavy atom. The average Bonchev–Trinajstić information content (AvgIpc) is 1.61. The summed E-state index contributed by atoms with van der Waals surface area (Å²) in [5.41, 5.74) is -0.846. The third-order valence-corrected chi connectivity index (χ3v) is 0.399. The van der Waals surface area contributed by atoms with Crippen LogP contribution >= 0.6 is 11.6 Å². The third kappa shape index (κ3) is 5.72. The van der Waals surface area contributed by atoms with Crippen molar-refractivity contribution in [3.8, 4) is 0 Å². The molecule has 0 fully saturated rings. The van der Waals surface area contributed by atoms with Gasteiger partial charge in [0, 0.05) is 18.7 Å². The first-order valence-electron chi connectivity index (χ1n) is 1.58. The lowest BCUT2D eigenvalue weighted by atomic mass is 11.3. The van der Waals surface area contributed by atoms with Crippen molar-refractivity contribution in [1.29, 1.82) is 0 Å². The Hall–Kier alpha value is -0.280. The lowest BCUT2D eigenvalue weighted by Gasteiger charge is -1.93. The minimum atomic E-state index is -0.846. The van der Waals surface area contributed by atoms with Crippen molar-refractivity contribution in [3.05, 3.63) is 0 Å². The first kappa shape index (κ1) is 6.72. The number of halogens is 1. The van der Waals surface area contributed by atoms with Gasteiger partial charge in [0.15, 0.2) is 6.79 Å². The molecular formula is C3H5ClO3. The van der Waals surface area contributed by atoms with Crippen LogP contribution in [0.3, 0.4) is 0 Å². The zero-order valence-corrected chi connectivity index (χ0v) is 4.57. The van der Waals surface area contributed by atoms with Gasteiger partial charge in [0.25, 0.3) is 0 Å². The first-order chi connectivity index (χ1) is 3.27. The molecule has 0 saturated carbocycles. The molecule has 0 aliphatic carbocycles. The van der Waals surface area contributed by atoms with Crippen LogP contribution in [0.2, 0.25) is 0 Å². The molecular weight excluding hydrogens is 119 g/mol. The Kier molecular flexibility index (Phi) is 3.74. The minimum Gasteiger partial charge on any atom is -0.426 e. The molecule has 0 saturated heterocycles. The number of methoxy groups -OCH3 is 1. The van der Waals surface area contributed by atoms with Crippen LogP contribution in [0.4, 0.5) is 4.79 Å². The topological polar surface area (TPSA) is 35.5 Å². The van der Waals surface area contributed by atoms with Crippen LogP contribution in [0.25, 0.3) is 0 Å². The highest BCUT2D eigenvalue weighted by Crippen LogP contribution is 1.84. The molecule has 0 amide bonds. The van der Waals surface area contributed by atoms with Crippen molar-refractivity contribution in [2.75, 3.05) is 13.9 Å². The second-order valence-electron chi connectivity index (χ2n) is 0.789. The summed E-state index contributed by atoms with van der Waals surface area (Å²) in [6.07, 6.45) is 0. The fourth-order valence-electron chi connectivity index (χ4n) is 0.105. The van der Waals surface area contributed by atoms with Gasteiger partial charge in [-0.2, -0.15) is 0 Å². The number of ether oxygens (including phenoxy) is 2. The van der Waals surface area contributed by atoms with Gasteiger partial charge in [0.05, 0.1) is 0 Å². The van der Waals surface area contributed by atoms with Gasteiger partial charge in [-0.15, -0.1) is 0 Å². The first-order valence-corrected chi connectivity index (χ1v) is 1.96. The molecule has 3 nitrogen and oxygen atoms in total. The van der Waals surface area contributed by atoms with Crippen LogP contribution < -0.4 is 0 Å². The summed E-state index contributed by atoms with van der Waals surface area (Å²) in [6.45, 7) is -0.0810. The lowest BCUT2D eigenvalue weighted by Crippen LogP contribution is -1.96. The predicted molar refractivity (Wildman–Crippen MR) is 24.2 cm³/mol. The monoisotopic (exact) mass is 124 g/mol. The van der Waals surface area contributed by atoms with Crippen LogP contribution in [0, 0.1) is 0 Å². The number of hydrogen-bond acceptors (Lipinski definition) is 3. The van der Waals surface area contributed by atoms with Crippen LogP contribution in [0.1, 0.15) is 0 Å². The molecule has 0 spiro atoms. The molecule has 0 aromatic carbocycles. The Labute approximate surface area is 46.2 Å². The maximum atomic E-state index is 9.67. The van der Waals surface area contributed by atoms with E-state index in [1.807, 2.05) is 0 Å². The van der Waals surface area contributed by atoms with Gasteiger partial charge in [-0.3, -0.25) is 0 Å². The molecule has 0 aromatic heterocycles. The van der Waals surface area contributed by atoms with E-state index < -0.39 is 5.43 Å². The number of hydrogen-bond donors (Lipinski definition) is 0. The van der Waals surface area contributed by atoms with Crippen LogP contribution in [0.15, 0.2) is 0 Å². The van der Waals surface area contributed by atoms with Crippen molar-refractivity contribution in [2.45, 2.75) is 0 Å². The van der Waals surface area contributed by atoms with E-state index in [0.29, 0.717) is 0 Å². The van der Waals surface area contributed by atoms with Crippen molar-refractivity contribution in [3.63, 3.8) is 0 Å². The zero-order valence-electron chi connectivity index (χ0n) is 3.81. The van der Waals surface area contributed by atoms with E-state index in [2.05, 4.69) is 9.47 Å². The zero-order chi connectivity index (χ0) is 5.70. The van der Waals surface area contributed by atoms with E-state index in [1.165, 1.54) is 7.11 Å². The molecule has 7 heavy (non-hydrogen) atoms. The average molecular weight is 125 g/mol. The highest BCUT2D eigenvalue weighted by molar-refractivity contribution is 6.61. The molecule has 0 N–H and O–H groups in total. The van der Waals surface area contributed by atoms with Crippen molar-refractivity contribution < 1.29 is 14.3 Å². The fourth-order valence-corrected chi connectivity index (χ4v) is 0.150. The van der Waals surface area contributed by atoms with E-state index in [4.69, 9.17) is 11.6 Å². The molecule has 0 unspecified atom stereocenters. The van der Waals surface area contributed by atoms with Crippen molar-refractivity contribution in [2.24, 2.45) is 0 Å². The van der Waals surface area contributed by atoms with Crippen molar-refractivity contribution >= 4 is 17.0 Å². The van der Waals surface area contributed by atoms with Gasteiger partial charge >= 0.3 is 5.43 Å². The maximum absolute atomic E-state index is 9.67. The van der Waals surface area contributed by atoms with E-state index in [1.54, 1.807) is 0 Å². The molecule has 0 bridgehead atoms. The molecule has 0 aliphatic heterocycles. The standard InChI is InChI=1S/C3H5ClO3/c1-6-2-7-3(4)5/h2H2,1H3. The Bertz CT molecular complexity index is 63.2. The summed E-state index contributed by atoms with van der Waals surface area (Å²) < 4.78 is 8.42. The van der Waals surface area contributed by atoms with E-state index >= 15 is 0 Å². The van der Waals surface area contributed by atoms with Gasteiger partial charge in [-0.25, -0.2) is 4.79 Å². The minimum absolute atomic E-state index is 0.0810. The summed E-state index contributed by atoms with van der Waals surface area (Å²) in [6, 6.07) is 0. The largest absolute Gasteiger partial charge is 0.426 e. The summed E-state index contributed by atoms with van der Waals surface area (Å²) in [5.74, 6) is 0. The molecule has 4 heteroatoms. The Balaban J connectivity index is 2.82. The second-order valence-corrected chi connectivity index (χ2v) is 1.10. The van der Waals surface area contributed by atoms with Crippen LogP contribution in [-0.2, 0) is 9.47 Å².